The van der Waals surface area contributed by atoms with E-state index in [1.807, 2.05) is 6.07 Å². The Morgan fingerprint density at radius 3 is 2.75 bits per heavy atom. The number of anilines is 1. The summed E-state index contributed by atoms with van der Waals surface area (Å²) in [6.45, 7) is 0. The van der Waals surface area contributed by atoms with Crippen molar-refractivity contribution in [3.8, 4) is 17.2 Å². The van der Waals surface area contributed by atoms with Gasteiger partial charge in [-0.05, 0) is 12.1 Å². The van der Waals surface area contributed by atoms with E-state index in [9.17, 15) is 4.39 Å². The molecule has 2 aromatic rings. The van der Waals surface area contributed by atoms with Crippen LogP contribution in [-0.4, -0.2) is 9.97 Å². The zero-order valence-corrected chi connectivity index (χ0v) is 8.18. The molecule has 2 heterocycles. The van der Waals surface area contributed by atoms with Crippen molar-refractivity contribution in [1.82, 2.24) is 9.97 Å². The zero-order chi connectivity index (χ0) is 11.5. The highest BCUT2D eigenvalue weighted by Crippen LogP contribution is 2.23. The van der Waals surface area contributed by atoms with E-state index in [2.05, 4.69) is 9.97 Å². The molecule has 2 N–H and O–H groups in total. The normalized spacial score (nSPS) is 9.75. The Morgan fingerprint density at radius 1 is 1.25 bits per heavy atom. The van der Waals surface area contributed by atoms with Crippen molar-refractivity contribution < 1.29 is 4.39 Å². The summed E-state index contributed by atoms with van der Waals surface area (Å²) in [5.41, 5.74) is 6.89. The van der Waals surface area contributed by atoms with Gasteiger partial charge in [0, 0.05) is 23.5 Å². The Labute approximate surface area is 91.2 Å². The Bertz CT molecular complexity index is 574. The standard InChI is InChI=1S/C11H7FN4/c12-9-1-7(4-15-6-9)10-2-11(14)16-5-8(10)3-13/h1-2,4-6H,(H2,14,16). The first-order valence-electron chi connectivity index (χ1n) is 4.47. The highest BCUT2D eigenvalue weighted by atomic mass is 19.1. The predicted octanol–water partition coefficient (Wildman–Crippen LogP) is 1.74. The van der Waals surface area contributed by atoms with Gasteiger partial charge < -0.3 is 5.73 Å². The first-order valence-corrected chi connectivity index (χ1v) is 4.47. The number of nitrogen functional groups attached to an aromatic ring is 1. The topological polar surface area (TPSA) is 75.6 Å². The third kappa shape index (κ3) is 1.81. The second-order valence-electron chi connectivity index (χ2n) is 3.16. The Kier molecular flexibility index (Phi) is 2.48. The molecule has 5 heteroatoms. The van der Waals surface area contributed by atoms with Gasteiger partial charge in [0.25, 0.3) is 0 Å². The summed E-state index contributed by atoms with van der Waals surface area (Å²) in [5.74, 6) is -0.185. The second-order valence-corrected chi connectivity index (χ2v) is 3.16. The molecule has 0 aromatic carbocycles. The third-order valence-electron chi connectivity index (χ3n) is 2.06. The fraction of sp³-hybridized carbons (Fsp3) is 0. The minimum atomic E-state index is -0.461. The van der Waals surface area contributed by atoms with Crippen LogP contribution in [0, 0.1) is 17.1 Å². The molecule has 0 aliphatic heterocycles. The van der Waals surface area contributed by atoms with Crippen molar-refractivity contribution in [2.45, 2.75) is 0 Å². The van der Waals surface area contributed by atoms with E-state index in [1.54, 1.807) is 0 Å². The quantitative estimate of drug-likeness (QED) is 0.784. The monoisotopic (exact) mass is 214 g/mol. The molecule has 0 aliphatic rings. The molecule has 0 saturated heterocycles. The van der Waals surface area contributed by atoms with E-state index in [1.165, 1.54) is 24.5 Å². The summed E-state index contributed by atoms with van der Waals surface area (Å²) >= 11 is 0. The van der Waals surface area contributed by atoms with Gasteiger partial charge in [-0.3, -0.25) is 4.98 Å². The van der Waals surface area contributed by atoms with Gasteiger partial charge in [0.1, 0.15) is 17.7 Å². The van der Waals surface area contributed by atoms with Crippen molar-refractivity contribution in [1.29, 1.82) is 5.26 Å². The fourth-order valence-electron chi connectivity index (χ4n) is 1.36. The van der Waals surface area contributed by atoms with Crippen molar-refractivity contribution in [3.63, 3.8) is 0 Å². The molecule has 0 spiro atoms. The van der Waals surface area contributed by atoms with Crippen LogP contribution >= 0.6 is 0 Å². The van der Waals surface area contributed by atoms with Gasteiger partial charge >= 0.3 is 0 Å². The van der Waals surface area contributed by atoms with E-state index in [0.717, 1.165) is 6.20 Å². The molecule has 16 heavy (non-hydrogen) atoms. The van der Waals surface area contributed by atoms with Gasteiger partial charge in [-0.15, -0.1) is 0 Å². The summed E-state index contributed by atoms with van der Waals surface area (Å²) < 4.78 is 13.0. The van der Waals surface area contributed by atoms with Crippen molar-refractivity contribution in [2.75, 3.05) is 5.73 Å². The molecule has 0 radical (unpaired) electrons. The molecule has 2 rings (SSSR count). The number of hydrogen-bond donors (Lipinski definition) is 1. The van der Waals surface area contributed by atoms with Crippen LogP contribution in [0.25, 0.3) is 11.1 Å². The third-order valence-corrected chi connectivity index (χ3v) is 2.06. The van der Waals surface area contributed by atoms with Gasteiger partial charge in [-0.1, -0.05) is 0 Å². The van der Waals surface area contributed by atoms with Gasteiger partial charge in [0.05, 0.1) is 11.8 Å². The lowest BCUT2D eigenvalue weighted by atomic mass is 10.0. The summed E-state index contributed by atoms with van der Waals surface area (Å²) in [7, 11) is 0. The van der Waals surface area contributed by atoms with Gasteiger partial charge in [-0.25, -0.2) is 9.37 Å². The van der Waals surface area contributed by atoms with Gasteiger partial charge in [0.2, 0.25) is 0 Å². The molecule has 0 unspecified atom stereocenters. The molecule has 0 amide bonds. The van der Waals surface area contributed by atoms with Crippen LogP contribution in [0.15, 0.2) is 30.7 Å². The van der Waals surface area contributed by atoms with Crippen LogP contribution in [0.1, 0.15) is 5.56 Å². The van der Waals surface area contributed by atoms with E-state index < -0.39 is 5.82 Å². The summed E-state index contributed by atoms with van der Waals surface area (Å²) in [4.78, 5) is 7.52. The van der Waals surface area contributed by atoms with Gasteiger partial charge in [-0.2, -0.15) is 5.26 Å². The molecule has 0 fully saturated rings. The van der Waals surface area contributed by atoms with Gasteiger partial charge in [0.15, 0.2) is 0 Å². The lowest BCUT2D eigenvalue weighted by Gasteiger charge is -2.04. The van der Waals surface area contributed by atoms with Crippen LogP contribution in [0.4, 0.5) is 10.2 Å². The smallest absolute Gasteiger partial charge is 0.142 e. The maximum atomic E-state index is 13.0. The lowest BCUT2D eigenvalue weighted by Crippen LogP contribution is -1.94. The number of nitriles is 1. The van der Waals surface area contributed by atoms with Crippen LogP contribution in [0.2, 0.25) is 0 Å². The molecule has 78 valence electrons. The molecular formula is C11H7FN4. The average molecular weight is 214 g/mol. The SMILES string of the molecule is N#Cc1cnc(N)cc1-c1cncc(F)c1. The molecule has 0 bridgehead atoms. The largest absolute Gasteiger partial charge is 0.384 e. The summed E-state index contributed by atoms with van der Waals surface area (Å²) in [6, 6.07) is 4.79. The zero-order valence-electron chi connectivity index (χ0n) is 8.18. The minimum Gasteiger partial charge on any atom is -0.384 e. The first-order chi connectivity index (χ1) is 7.70. The number of pyridine rings is 2. The molecule has 0 atom stereocenters. The van der Waals surface area contributed by atoms with Crippen LogP contribution < -0.4 is 5.73 Å². The summed E-state index contributed by atoms with van der Waals surface area (Å²) in [6.07, 6.45) is 3.92. The molecule has 2 aromatic heterocycles. The Morgan fingerprint density at radius 2 is 2.06 bits per heavy atom. The first kappa shape index (κ1) is 10.1. The number of nitrogens with zero attached hydrogens (tertiary/aromatic N) is 3. The van der Waals surface area contributed by atoms with Crippen molar-refractivity contribution >= 4 is 5.82 Å². The number of hydrogen-bond acceptors (Lipinski definition) is 4. The van der Waals surface area contributed by atoms with E-state index >= 15 is 0 Å². The van der Waals surface area contributed by atoms with E-state index in [-0.39, 0.29) is 5.82 Å². The molecule has 0 aliphatic carbocycles. The number of halogens is 1. The fourth-order valence-corrected chi connectivity index (χ4v) is 1.36. The maximum absolute atomic E-state index is 13.0. The number of aromatic nitrogens is 2. The summed E-state index contributed by atoms with van der Waals surface area (Å²) in [5, 5.41) is 8.89. The highest BCUT2D eigenvalue weighted by molar-refractivity contribution is 5.71. The minimum absolute atomic E-state index is 0.276. The van der Waals surface area contributed by atoms with Crippen LogP contribution in [0.5, 0.6) is 0 Å². The average Bonchev–Trinajstić information content (AvgIpc) is 2.29. The Hall–Kier alpha value is -2.48. The second kappa shape index (κ2) is 3.95. The van der Waals surface area contributed by atoms with Crippen molar-refractivity contribution in [2.24, 2.45) is 0 Å². The van der Waals surface area contributed by atoms with Crippen LogP contribution in [0.3, 0.4) is 0 Å². The lowest BCUT2D eigenvalue weighted by molar-refractivity contribution is 0.622. The van der Waals surface area contributed by atoms with Crippen molar-refractivity contribution in [3.05, 3.63) is 42.1 Å². The number of rotatable bonds is 1. The molecule has 4 nitrogen and oxygen atoms in total. The highest BCUT2D eigenvalue weighted by Gasteiger charge is 2.07. The van der Waals surface area contributed by atoms with Crippen LogP contribution in [-0.2, 0) is 0 Å². The van der Waals surface area contributed by atoms with E-state index in [0.29, 0.717) is 16.7 Å². The van der Waals surface area contributed by atoms with E-state index in [4.69, 9.17) is 11.0 Å². The maximum Gasteiger partial charge on any atom is 0.142 e. The molecule has 0 saturated carbocycles. The Balaban J connectivity index is 2.64. The predicted molar refractivity (Wildman–Crippen MR) is 56.6 cm³/mol. The number of nitrogens with two attached hydrogens (primary N) is 1. The molecular weight excluding hydrogens is 207 g/mol.